The zero-order chi connectivity index (χ0) is 21.7. The van der Waals surface area contributed by atoms with Crippen LogP contribution in [0.5, 0.6) is 0 Å². The molecule has 0 heterocycles. The summed E-state index contributed by atoms with van der Waals surface area (Å²) in [6, 6.07) is 0. The number of ketones is 1. The molecule has 4 aliphatic carbocycles. The van der Waals surface area contributed by atoms with Gasteiger partial charge in [-0.15, -0.1) is 0 Å². The second kappa shape index (κ2) is 8.40. The van der Waals surface area contributed by atoms with Crippen LogP contribution in [-0.2, 0) is 4.79 Å². The van der Waals surface area contributed by atoms with Gasteiger partial charge in [-0.1, -0.05) is 65.5 Å². The number of hydrogen-bond acceptors (Lipinski definition) is 1. The summed E-state index contributed by atoms with van der Waals surface area (Å²) in [5.74, 6) is 6.13. The number of Topliss-reactive ketones (excluding diaryl/α,β-unsaturated/α-hetero) is 1. The molecule has 8 atom stereocenters. The van der Waals surface area contributed by atoms with E-state index in [2.05, 4.69) is 40.7 Å². The lowest BCUT2D eigenvalue weighted by molar-refractivity contribution is -0.122. The first-order valence-electron chi connectivity index (χ1n) is 13.4. The SMILES string of the molecule is CC(=O)[C@H]1CC[C@@]2(C)C(=CC[C@@H]3C2CC[C@@]2(C)C3CC[C@@H]2[C@H](C)CCCC(C)C)C1. The number of hydrogen-bond donors (Lipinski definition) is 0. The van der Waals surface area contributed by atoms with Crippen LogP contribution in [0.1, 0.15) is 112 Å². The van der Waals surface area contributed by atoms with Crippen LogP contribution in [0.25, 0.3) is 0 Å². The summed E-state index contributed by atoms with van der Waals surface area (Å²) in [7, 11) is 0. The Bertz CT molecular complexity index is 674. The third-order valence-corrected chi connectivity index (χ3v) is 10.9. The van der Waals surface area contributed by atoms with Crippen LogP contribution in [0.4, 0.5) is 0 Å². The topological polar surface area (TPSA) is 17.1 Å². The van der Waals surface area contributed by atoms with E-state index in [4.69, 9.17) is 0 Å². The summed E-state index contributed by atoms with van der Waals surface area (Å²) in [5.41, 5.74) is 2.63. The van der Waals surface area contributed by atoms with Gasteiger partial charge in [0.15, 0.2) is 0 Å². The molecule has 1 heteroatoms. The summed E-state index contributed by atoms with van der Waals surface area (Å²) in [6.07, 6.45) is 17.5. The van der Waals surface area contributed by atoms with Crippen molar-refractivity contribution in [1.29, 1.82) is 0 Å². The lowest BCUT2D eigenvalue weighted by Gasteiger charge is -2.58. The van der Waals surface area contributed by atoms with Crippen LogP contribution in [0.15, 0.2) is 11.6 Å². The third-order valence-electron chi connectivity index (χ3n) is 10.9. The van der Waals surface area contributed by atoms with E-state index < -0.39 is 0 Å². The molecule has 0 radical (unpaired) electrons. The van der Waals surface area contributed by atoms with Crippen molar-refractivity contribution in [2.75, 3.05) is 0 Å². The molecule has 170 valence electrons. The van der Waals surface area contributed by atoms with Gasteiger partial charge in [0, 0.05) is 5.92 Å². The fourth-order valence-corrected chi connectivity index (χ4v) is 9.03. The summed E-state index contributed by atoms with van der Waals surface area (Å²) >= 11 is 0. The van der Waals surface area contributed by atoms with Crippen molar-refractivity contribution in [2.45, 2.75) is 112 Å². The number of rotatable bonds is 6. The van der Waals surface area contributed by atoms with Gasteiger partial charge in [-0.2, -0.15) is 0 Å². The van der Waals surface area contributed by atoms with Crippen LogP contribution in [-0.4, -0.2) is 5.78 Å². The maximum absolute atomic E-state index is 12.0. The highest BCUT2D eigenvalue weighted by molar-refractivity contribution is 5.78. The highest BCUT2D eigenvalue weighted by Gasteiger charge is 2.59. The Hall–Kier alpha value is -0.590. The number of carbonyl (C=O) groups excluding carboxylic acids is 1. The minimum Gasteiger partial charge on any atom is -0.300 e. The van der Waals surface area contributed by atoms with E-state index in [0.29, 0.717) is 22.5 Å². The van der Waals surface area contributed by atoms with Gasteiger partial charge in [0.1, 0.15) is 5.78 Å². The molecule has 0 bridgehead atoms. The molecule has 3 saturated carbocycles. The molecule has 0 aromatic heterocycles. The Kier molecular flexibility index (Phi) is 6.33. The predicted octanol–water partition coefficient (Wildman–Crippen LogP) is 8.23. The fraction of sp³-hybridized carbons (Fsp3) is 0.897. The highest BCUT2D eigenvalue weighted by Crippen LogP contribution is 2.67. The average Bonchev–Trinajstić information content (AvgIpc) is 3.04. The number of fused-ring (bicyclic) bond motifs is 5. The van der Waals surface area contributed by atoms with Crippen LogP contribution in [0.3, 0.4) is 0 Å². The molecule has 3 fully saturated rings. The molecule has 0 amide bonds. The number of carbonyl (C=O) groups is 1. The monoisotopic (exact) mass is 412 g/mol. The normalized spacial score (nSPS) is 44.1. The smallest absolute Gasteiger partial charge is 0.133 e. The van der Waals surface area contributed by atoms with Crippen molar-refractivity contribution in [3.63, 3.8) is 0 Å². The van der Waals surface area contributed by atoms with Gasteiger partial charge in [-0.25, -0.2) is 0 Å². The minimum atomic E-state index is 0.303. The molecule has 4 rings (SSSR count). The van der Waals surface area contributed by atoms with Crippen molar-refractivity contribution in [3.05, 3.63) is 11.6 Å². The molecule has 0 saturated heterocycles. The second-order valence-corrected chi connectivity index (χ2v) is 12.8. The Morgan fingerprint density at radius 1 is 1.03 bits per heavy atom. The maximum atomic E-state index is 12.0. The van der Waals surface area contributed by atoms with Crippen LogP contribution < -0.4 is 0 Å². The maximum Gasteiger partial charge on any atom is 0.133 e. The van der Waals surface area contributed by atoms with Gasteiger partial charge in [0.2, 0.25) is 0 Å². The minimum absolute atomic E-state index is 0.303. The lowest BCUT2D eigenvalue weighted by atomic mass is 9.46. The van der Waals surface area contributed by atoms with Gasteiger partial charge < -0.3 is 0 Å². The van der Waals surface area contributed by atoms with Crippen LogP contribution in [0, 0.1) is 52.3 Å². The van der Waals surface area contributed by atoms with E-state index >= 15 is 0 Å². The van der Waals surface area contributed by atoms with Gasteiger partial charge in [-0.05, 0) is 105 Å². The molecule has 4 aliphatic rings. The third kappa shape index (κ3) is 3.75. The predicted molar refractivity (Wildman–Crippen MR) is 127 cm³/mol. The first-order valence-corrected chi connectivity index (χ1v) is 13.4. The van der Waals surface area contributed by atoms with E-state index in [-0.39, 0.29) is 0 Å². The summed E-state index contributed by atoms with van der Waals surface area (Å²) in [6.45, 7) is 14.4. The Balaban J connectivity index is 1.49. The van der Waals surface area contributed by atoms with Gasteiger partial charge in [0.25, 0.3) is 0 Å². The van der Waals surface area contributed by atoms with Crippen molar-refractivity contribution < 1.29 is 4.79 Å². The van der Waals surface area contributed by atoms with E-state index in [1.807, 2.05) is 6.92 Å². The molecule has 0 aromatic rings. The summed E-state index contributed by atoms with van der Waals surface area (Å²) in [4.78, 5) is 12.0. The number of allylic oxidation sites excluding steroid dienone is 2. The quantitative estimate of drug-likeness (QED) is 0.401. The van der Waals surface area contributed by atoms with Crippen molar-refractivity contribution in [2.24, 2.45) is 52.3 Å². The Morgan fingerprint density at radius 2 is 1.80 bits per heavy atom. The van der Waals surface area contributed by atoms with Crippen molar-refractivity contribution in [3.8, 4) is 0 Å². The van der Waals surface area contributed by atoms with E-state index in [1.54, 1.807) is 5.57 Å². The van der Waals surface area contributed by atoms with Crippen molar-refractivity contribution >= 4 is 5.78 Å². The largest absolute Gasteiger partial charge is 0.300 e. The molecule has 30 heavy (non-hydrogen) atoms. The second-order valence-electron chi connectivity index (χ2n) is 12.8. The molecule has 0 spiro atoms. The zero-order valence-corrected chi connectivity index (χ0v) is 20.8. The van der Waals surface area contributed by atoms with Crippen molar-refractivity contribution in [1.82, 2.24) is 0 Å². The average molecular weight is 413 g/mol. The van der Waals surface area contributed by atoms with Crippen LogP contribution in [0.2, 0.25) is 0 Å². The summed E-state index contributed by atoms with van der Waals surface area (Å²) < 4.78 is 0. The Morgan fingerprint density at radius 3 is 2.50 bits per heavy atom. The molecule has 1 nitrogen and oxygen atoms in total. The van der Waals surface area contributed by atoms with Gasteiger partial charge in [-0.3, -0.25) is 4.79 Å². The molecular weight excluding hydrogens is 364 g/mol. The van der Waals surface area contributed by atoms with E-state index in [1.165, 1.54) is 57.8 Å². The molecular formula is C29H48O. The lowest BCUT2D eigenvalue weighted by Crippen LogP contribution is -2.50. The molecule has 2 unspecified atom stereocenters. The first kappa shape index (κ1) is 22.6. The Labute approximate surface area is 186 Å². The summed E-state index contributed by atoms with van der Waals surface area (Å²) in [5, 5.41) is 0. The standard InChI is InChI=1S/C29H48O/c1-19(2)8-7-9-20(3)25-12-13-26-24-11-10-23-18-22(21(4)30)14-16-28(23,5)27(24)15-17-29(25,26)6/h10,19-20,22,24-27H,7-9,11-18H2,1-6H3/t20-,22+,24+,25-,26?,27?,28+,29-/m1/s1. The van der Waals surface area contributed by atoms with Gasteiger partial charge >= 0.3 is 0 Å². The van der Waals surface area contributed by atoms with E-state index in [0.717, 1.165) is 48.3 Å². The molecule has 0 aliphatic heterocycles. The van der Waals surface area contributed by atoms with E-state index in [9.17, 15) is 4.79 Å². The first-order chi connectivity index (χ1) is 14.2. The molecule has 0 aromatic carbocycles. The van der Waals surface area contributed by atoms with Gasteiger partial charge in [0.05, 0.1) is 0 Å². The highest BCUT2D eigenvalue weighted by atomic mass is 16.1. The van der Waals surface area contributed by atoms with Crippen LogP contribution >= 0.6 is 0 Å². The fourth-order valence-electron chi connectivity index (χ4n) is 9.03. The molecule has 0 N–H and O–H groups in total. The zero-order valence-electron chi connectivity index (χ0n) is 20.8.